The standard InChI is InChI=1S/C21H23F3N4O4/c1-10-4-5-11(2)27(3)21(32)17-19(30)18(29)14(9-28(17)26-10)20(31)25-8-13-15(23)6-12(22)7-16(13)24/h6-7,9-11,26,30H,4-5,8H2,1-3H3,(H,25,31)/t10-,11+/m1/s1. The minimum absolute atomic E-state index is 0.156. The summed E-state index contributed by atoms with van der Waals surface area (Å²) in [5.74, 6) is -6.09. The molecule has 2 atom stereocenters. The van der Waals surface area contributed by atoms with Crippen LogP contribution in [0.3, 0.4) is 0 Å². The summed E-state index contributed by atoms with van der Waals surface area (Å²) in [5, 5.41) is 12.7. The van der Waals surface area contributed by atoms with Crippen molar-refractivity contribution < 1.29 is 27.9 Å². The van der Waals surface area contributed by atoms with Gasteiger partial charge < -0.3 is 20.7 Å². The summed E-state index contributed by atoms with van der Waals surface area (Å²) in [6.07, 6.45) is 2.39. The van der Waals surface area contributed by atoms with Crippen LogP contribution in [0.25, 0.3) is 0 Å². The van der Waals surface area contributed by atoms with E-state index in [1.807, 2.05) is 13.8 Å². The first kappa shape index (κ1) is 23.2. The van der Waals surface area contributed by atoms with E-state index in [-0.39, 0.29) is 17.8 Å². The number of benzene rings is 1. The molecule has 0 fully saturated rings. The van der Waals surface area contributed by atoms with Crippen molar-refractivity contribution >= 4 is 11.8 Å². The summed E-state index contributed by atoms with van der Waals surface area (Å²) in [5.41, 5.74) is 0.384. The van der Waals surface area contributed by atoms with Crippen molar-refractivity contribution in [2.45, 2.75) is 45.3 Å². The minimum atomic E-state index is -1.20. The summed E-state index contributed by atoms with van der Waals surface area (Å²) >= 11 is 0. The number of hydrogen-bond donors (Lipinski definition) is 3. The predicted octanol–water partition coefficient (Wildman–Crippen LogP) is 2.09. The van der Waals surface area contributed by atoms with Crippen LogP contribution in [0.1, 0.15) is 53.1 Å². The van der Waals surface area contributed by atoms with Gasteiger partial charge in [-0.2, -0.15) is 0 Å². The minimum Gasteiger partial charge on any atom is -0.502 e. The number of halogens is 3. The average molecular weight is 452 g/mol. The van der Waals surface area contributed by atoms with Crippen LogP contribution in [0.5, 0.6) is 5.75 Å². The molecule has 3 N–H and O–H groups in total. The van der Waals surface area contributed by atoms with Crippen molar-refractivity contribution in [2.75, 3.05) is 12.5 Å². The maximum absolute atomic E-state index is 13.8. The molecule has 3 rings (SSSR count). The Kier molecular flexibility index (Phi) is 6.47. The van der Waals surface area contributed by atoms with Crippen LogP contribution >= 0.6 is 0 Å². The number of aromatic nitrogens is 1. The Labute approximate surface area is 181 Å². The lowest BCUT2D eigenvalue weighted by Gasteiger charge is -2.25. The maximum Gasteiger partial charge on any atom is 0.276 e. The summed E-state index contributed by atoms with van der Waals surface area (Å²) in [4.78, 5) is 39.5. The number of nitrogens with one attached hydrogen (secondary N) is 2. The van der Waals surface area contributed by atoms with E-state index in [0.717, 1.165) is 10.9 Å². The number of aromatic hydroxyl groups is 1. The Bertz CT molecular complexity index is 1110. The fourth-order valence-electron chi connectivity index (χ4n) is 3.43. The van der Waals surface area contributed by atoms with Gasteiger partial charge in [0.05, 0.1) is 0 Å². The van der Waals surface area contributed by atoms with Crippen LogP contribution in [-0.4, -0.2) is 45.6 Å². The number of rotatable bonds is 3. The second kappa shape index (κ2) is 8.93. The molecule has 1 aliphatic rings. The molecule has 1 aromatic carbocycles. The van der Waals surface area contributed by atoms with E-state index >= 15 is 0 Å². The second-order valence-electron chi connectivity index (χ2n) is 7.84. The summed E-state index contributed by atoms with van der Waals surface area (Å²) in [6.45, 7) is 3.01. The van der Waals surface area contributed by atoms with Gasteiger partial charge in [0.15, 0.2) is 11.4 Å². The highest BCUT2D eigenvalue weighted by Crippen LogP contribution is 2.21. The fraction of sp³-hybridized carbons (Fsp3) is 0.381. The van der Waals surface area contributed by atoms with Crippen molar-refractivity contribution in [3.8, 4) is 5.75 Å². The van der Waals surface area contributed by atoms with E-state index < -0.39 is 58.1 Å². The number of pyridine rings is 1. The van der Waals surface area contributed by atoms with Crippen LogP contribution in [0.15, 0.2) is 23.1 Å². The molecule has 0 radical (unpaired) electrons. The Balaban J connectivity index is 1.98. The number of carbonyl (C=O) groups is 2. The molecule has 32 heavy (non-hydrogen) atoms. The van der Waals surface area contributed by atoms with Gasteiger partial charge in [-0.1, -0.05) is 0 Å². The first-order valence-electron chi connectivity index (χ1n) is 9.95. The van der Waals surface area contributed by atoms with Crippen LogP contribution in [-0.2, 0) is 6.54 Å². The van der Waals surface area contributed by atoms with Crippen molar-refractivity contribution in [1.29, 1.82) is 0 Å². The Morgan fingerprint density at radius 1 is 1.19 bits per heavy atom. The zero-order chi connectivity index (χ0) is 23.7. The molecular weight excluding hydrogens is 429 g/mol. The van der Waals surface area contributed by atoms with Crippen molar-refractivity contribution in [3.05, 3.63) is 62.8 Å². The van der Waals surface area contributed by atoms with Crippen LogP contribution in [0, 0.1) is 17.5 Å². The third-order valence-electron chi connectivity index (χ3n) is 5.52. The topological polar surface area (TPSA) is 104 Å². The Morgan fingerprint density at radius 2 is 1.81 bits per heavy atom. The SMILES string of the molecule is C[C@@H]1CC[C@H](C)N(C)C(=O)c2c(O)c(=O)c(C(=O)NCc3c(F)cc(F)cc3F)cn2N1. The lowest BCUT2D eigenvalue weighted by Crippen LogP contribution is -2.39. The van der Waals surface area contributed by atoms with Gasteiger partial charge in [-0.25, -0.2) is 13.2 Å². The van der Waals surface area contributed by atoms with Gasteiger partial charge in [-0.05, 0) is 26.7 Å². The molecule has 8 nitrogen and oxygen atoms in total. The van der Waals surface area contributed by atoms with Crippen molar-refractivity contribution in [1.82, 2.24) is 14.9 Å². The molecule has 0 saturated carbocycles. The zero-order valence-corrected chi connectivity index (χ0v) is 17.7. The van der Waals surface area contributed by atoms with Gasteiger partial charge >= 0.3 is 0 Å². The van der Waals surface area contributed by atoms with E-state index in [0.29, 0.717) is 25.0 Å². The van der Waals surface area contributed by atoms with Gasteiger partial charge in [0.25, 0.3) is 11.8 Å². The highest BCUT2D eigenvalue weighted by atomic mass is 19.1. The molecule has 11 heteroatoms. The highest BCUT2D eigenvalue weighted by Gasteiger charge is 2.30. The van der Waals surface area contributed by atoms with E-state index in [1.54, 1.807) is 7.05 Å². The fourth-order valence-corrected chi connectivity index (χ4v) is 3.43. The molecule has 1 aliphatic heterocycles. The maximum atomic E-state index is 13.8. The first-order valence-corrected chi connectivity index (χ1v) is 9.95. The number of nitrogens with zero attached hydrogens (tertiary/aromatic N) is 2. The number of amides is 2. The molecule has 1 aromatic heterocycles. The summed E-state index contributed by atoms with van der Waals surface area (Å²) in [6, 6.07) is 0.606. The molecule has 0 spiro atoms. The van der Waals surface area contributed by atoms with Crippen LogP contribution in [0.2, 0.25) is 0 Å². The van der Waals surface area contributed by atoms with Gasteiger partial charge in [-0.3, -0.25) is 19.1 Å². The average Bonchev–Trinajstić information content (AvgIpc) is 2.75. The van der Waals surface area contributed by atoms with E-state index in [1.165, 1.54) is 4.90 Å². The largest absolute Gasteiger partial charge is 0.502 e. The van der Waals surface area contributed by atoms with Crippen LogP contribution < -0.4 is 16.2 Å². The van der Waals surface area contributed by atoms with Gasteiger partial charge in [0, 0.05) is 49.6 Å². The van der Waals surface area contributed by atoms with Crippen molar-refractivity contribution in [2.24, 2.45) is 0 Å². The molecular formula is C21H23F3N4O4. The van der Waals surface area contributed by atoms with Crippen molar-refractivity contribution in [3.63, 3.8) is 0 Å². The highest BCUT2D eigenvalue weighted by molar-refractivity contribution is 5.98. The summed E-state index contributed by atoms with van der Waals surface area (Å²) in [7, 11) is 1.55. The number of carbonyl (C=O) groups excluding carboxylic acids is 2. The smallest absolute Gasteiger partial charge is 0.276 e. The first-order chi connectivity index (χ1) is 15.0. The molecule has 2 amide bonds. The second-order valence-corrected chi connectivity index (χ2v) is 7.84. The Morgan fingerprint density at radius 3 is 2.44 bits per heavy atom. The van der Waals surface area contributed by atoms with Gasteiger partial charge in [0.1, 0.15) is 23.0 Å². The lowest BCUT2D eigenvalue weighted by atomic mass is 10.1. The van der Waals surface area contributed by atoms with Gasteiger partial charge in [-0.15, -0.1) is 0 Å². The molecule has 0 bridgehead atoms. The normalized spacial score (nSPS) is 18.8. The third-order valence-corrected chi connectivity index (χ3v) is 5.52. The number of hydrogen-bond acceptors (Lipinski definition) is 5. The third kappa shape index (κ3) is 4.41. The van der Waals surface area contributed by atoms with E-state index in [9.17, 15) is 32.7 Å². The molecule has 172 valence electrons. The van der Waals surface area contributed by atoms with E-state index in [4.69, 9.17) is 0 Å². The molecule has 0 unspecified atom stereocenters. The molecule has 0 saturated heterocycles. The lowest BCUT2D eigenvalue weighted by molar-refractivity contribution is 0.0724. The van der Waals surface area contributed by atoms with Crippen LogP contribution in [0.4, 0.5) is 13.2 Å². The monoisotopic (exact) mass is 452 g/mol. The summed E-state index contributed by atoms with van der Waals surface area (Å²) < 4.78 is 41.8. The quantitative estimate of drug-likeness (QED) is 0.662. The zero-order valence-electron chi connectivity index (χ0n) is 17.7. The predicted molar refractivity (Wildman–Crippen MR) is 109 cm³/mol. The molecule has 2 heterocycles. The van der Waals surface area contributed by atoms with E-state index in [2.05, 4.69) is 10.7 Å². The van der Waals surface area contributed by atoms with Gasteiger partial charge in [0.2, 0.25) is 5.43 Å². The molecule has 2 aromatic rings. The number of fused-ring (bicyclic) bond motifs is 1. The Hall–Kier alpha value is -3.50. The molecule has 0 aliphatic carbocycles.